The molecule has 1 aliphatic rings. The van der Waals surface area contributed by atoms with Gasteiger partial charge in [-0.2, -0.15) is 4.37 Å². The topological polar surface area (TPSA) is 71.0 Å². The first-order valence-electron chi connectivity index (χ1n) is 9.42. The van der Waals surface area contributed by atoms with E-state index >= 15 is 0 Å². The number of hydrogen-bond acceptors (Lipinski definition) is 6. The Labute approximate surface area is 168 Å². The molecule has 7 heteroatoms. The molecule has 28 heavy (non-hydrogen) atoms. The van der Waals surface area contributed by atoms with Crippen molar-refractivity contribution in [3.8, 4) is 0 Å². The zero-order valence-corrected chi connectivity index (χ0v) is 16.7. The molecule has 0 saturated carbocycles. The van der Waals surface area contributed by atoms with Gasteiger partial charge in [0.05, 0.1) is 5.41 Å². The van der Waals surface area contributed by atoms with E-state index in [2.05, 4.69) is 36.7 Å². The fourth-order valence-electron chi connectivity index (χ4n) is 3.59. The van der Waals surface area contributed by atoms with Gasteiger partial charge in [0.2, 0.25) is 11.0 Å². The summed E-state index contributed by atoms with van der Waals surface area (Å²) in [6.45, 7) is 3.80. The maximum atomic E-state index is 13.1. The van der Waals surface area contributed by atoms with Gasteiger partial charge in [0.15, 0.2) is 0 Å². The van der Waals surface area contributed by atoms with Gasteiger partial charge < -0.3 is 10.2 Å². The van der Waals surface area contributed by atoms with Crippen molar-refractivity contribution < 1.29 is 4.79 Å². The Hall–Kier alpha value is -2.80. The van der Waals surface area contributed by atoms with Gasteiger partial charge >= 0.3 is 0 Å². The van der Waals surface area contributed by atoms with Crippen LogP contribution in [0.15, 0.2) is 54.7 Å². The fourth-order valence-corrected chi connectivity index (χ4v) is 4.27. The fraction of sp³-hybridized carbons (Fsp3) is 0.333. The maximum Gasteiger partial charge on any atom is 0.230 e. The van der Waals surface area contributed by atoms with Gasteiger partial charge in [0, 0.05) is 49.5 Å². The molecule has 1 N–H and O–H groups in total. The molecule has 4 rings (SSSR count). The number of carbonyl (C=O) groups is 1. The first-order valence-corrected chi connectivity index (χ1v) is 10.2. The molecular weight excluding hydrogens is 370 g/mol. The number of aromatic nitrogens is 3. The van der Waals surface area contributed by atoms with Gasteiger partial charge in [-0.15, -0.1) is 0 Å². The van der Waals surface area contributed by atoms with Crippen LogP contribution in [0.2, 0.25) is 0 Å². The number of rotatable bonds is 7. The first-order chi connectivity index (χ1) is 13.6. The van der Waals surface area contributed by atoms with Crippen molar-refractivity contribution in [3.63, 3.8) is 0 Å². The average Bonchev–Trinajstić information content (AvgIpc) is 3.12. The molecule has 3 aromatic rings. The highest BCUT2D eigenvalue weighted by Crippen LogP contribution is 2.38. The summed E-state index contributed by atoms with van der Waals surface area (Å²) in [5.74, 6) is 0.880. The highest BCUT2D eigenvalue weighted by molar-refractivity contribution is 7.09. The Morgan fingerprint density at radius 1 is 1.18 bits per heavy atom. The lowest BCUT2D eigenvalue weighted by atomic mass is 9.74. The predicted molar refractivity (Wildman–Crippen MR) is 110 cm³/mol. The first kappa shape index (κ1) is 18.6. The molecule has 6 nitrogen and oxygen atoms in total. The summed E-state index contributed by atoms with van der Waals surface area (Å²) in [4.78, 5) is 24.1. The Balaban J connectivity index is 1.43. The number of amides is 1. The predicted octanol–water partition coefficient (Wildman–Crippen LogP) is 2.65. The monoisotopic (exact) mass is 393 g/mol. The number of pyridine rings is 1. The van der Waals surface area contributed by atoms with Crippen molar-refractivity contribution in [1.82, 2.24) is 19.7 Å². The number of benzene rings is 1. The van der Waals surface area contributed by atoms with E-state index in [-0.39, 0.29) is 5.91 Å². The third-order valence-electron chi connectivity index (χ3n) is 5.03. The minimum absolute atomic E-state index is 0.102. The zero-order valence-electron chi connectivity index (χ0n) is 15.8. The van der Waals surface area contributed by atoms with Crippen molar-refractivity contribution >= 4 is 22.6 Å². The van der Waals surface area contributed by atoms with E-state index in [1.54, 1.807) is 6.20 Å². The van der Waals surface area contributed by atoms with Crippen molar-refractivity contribution in [2.75, 3.05) is 24.5 Å². The van der Waals surface area contributed by atoms with Crippen LogP contribution in [-0.2, 0) is 17.6 Å². The molecule has 1 amide bonds. The lowest BCUT2D eigenvalue weighted by Crippen LogP contribution is -2.64. The Bertz CT molecular complexity index is 922. The van der Waals surface area contributed by atoms with Crippen molar-refractivity contribution in [1.29, 1.82) is 0 Å². The van der Waals surface area contributed by atoms with Gasteiger partial charge in [-0.25, -0.2) is 4.98 Å². The number of aryl methyl sites for hydroxylation is 1. The van der Waals surface area contributed by atoms with Crippen molar-refractivity contribution in [2.45, 2.75) is 19.8 Å². The molecule has 1 saturated heterocycles. The number of nitrogens with one attached hydrogen (secondary N) is 1. The molecule has 1 aromatic carbocycles. The minimum atomic E-state index is -0.439. The molecule has 2 aromatic heterocycles. The minimum Gasteiger partial charge on any atom is -0.355 e. The SMILES string of the molecule is Cc1nsc(N2CC(Cc3ccccc3)(C(=O)NCCc3ccccn3)C2)n1. The van der Waals surface area contributed by atoms with E-state index in [1.165, 1.54) is 17.1 Å². The van der Waals surface area contributed by atoms with Crippen LogP contribution in [0.4, 0.5) is 5.13 Å². The average molecular weight is 394 g/mol. The highest BCUT2D eigenvalue weighted by atomic mass is 32.1. The third-order valence-corrected chi connectivity index (χ3v) is 5.90. The van der Waals surface area contributed by atoms with E-state index in [0.29, 0.717) is 19.6 Å². The zero-order chi connectivity index (χ0) is 19.4. The largest absolute Gasteiger partial charge is 0.355 e. The van der Waals surface area contributed by atoms with Gasteiger partial charge in [-0.3, -0.25) is 9.78 Å². The summed E-state index contributed by atoms with van der Waals surface area (Å²) < 4.78 is 4.26. The molecule has 3 heterocycles. The smallest absolute Gasteiger partial charge is 0.230 e. The van der Waals surface area contributed by atoms with Crippen LogP contribution in [0.1, 0.15) is 17.1 Å². The lowest BCUT2D eigenvalue weighted by Gasteiger charge is -2.48. The van der Waals surface area contributed by atoms with E-state index in [4.69, 9.17) is 0 Å². The third kappa shape index (κ3) is 4.04. The Kier molecular flexibility index (Phi) is 5.34. The molecule has 0 aliphatic carbocycles. The Morgan fingerprint density at radius 3 is 2.64 bits per heavy atom. The van der Waals surface area contributed by atoms with Gasteiger partial charge in [0.25, 0.3) is 0 Å². The van der Waals surface area contributed by atoms with Crippen LogP contribution >= 0.6 is 11.5 Å². The summed E-state index contributed by atoms with van der Waals surface area (Å²) in [5, 5.41) is 4.02. The molecule has 1 fully saturated rings. The molecule has 0 spiro atoms. The standard InChI is InChI=1S/C21H23N5OS/c1-16-24-20(28-25-16)26-14-21(15-26,13-17-7-3-2-4-8-17)19(27)23-12-10-18-9-5-6-11-22-18/h2-9,11H,10,12-15H2,1H3,(H,23,27). The molecule has 0 unspecified atom stereocenters. The Morgan fingerprint density at radius 2 is 1.96 bits per heavy atom. The molecule has 0 bridgehead atoms. The van der Waals surface area contributed by atoms with Crippen LogP contribution in [0.25, 0.3) is 0 Å². The molecule has 0 radical (unpaired) electrons. The number of hydrogen-bond donors (Lipinski definition) is 1. The quantitative estimate of drug-likeness (QED) is 0.668. The molecule has 1 aliphatic heterocycles. The molecule has 0 atom stereocenters. The molecular formula is C21H23N5OS. The van der Waals surface area contributed by atoms with Crippen LogP contribution in [0, 0.1) is 12.3 Å². The van der Waals surface area contributed by atoms with Gasteiger partial charge in [-0.1, -0.05) is 36.4 Å². The summed E-state index contributed by atoms with van der Waals surface area (Å²) in [5.41, 5.74) is 1.72. The van der Waals surface area contributed by atoms with Crippen LogP contribution in [-0.4, -0.2) is 39.9 Å². The van der Waals surface area contributed by atoms with E-state index < -0.39 is 5.41 Å². The number of anilines is 1. The maximum absolute atomic E-state index is 13.1. The van der Waals surface area contributed by atoms with Crippen LogP contribution < -0.4 is 10.2 Å². The van der Waals surface area contributed by atoms with Crippen molar-refractivity contribution in [3.05, 3.63) is 71.8 Å². The summed E-state index contributed by atoms with van der Waals surface area (Å²) in [6, 6.07) is 16.1. The second-order valence-electron chi connectivity index (χ2n) is 7.25. The normalized spacial score (nSPS) is 15.1. The van der Waals surface area contributed by atoms with Crippen LogP contribution in [0.3, 0.4) is 0 Å². The van der Waals surface area contributed by atoms with Crippen LogP contribution in [0.5, 0.6) is 0 Å². The summed E-state index contributed by atoms with van der Waals surface area (Å²) >= 11 is 1.39. The second kappa shape index (κ2) is 8.06. The van der Waals surface area contributed by atoms with Crippen molar-refractivity contribution in [2.24, 2.45) is 5.41 Å². The number of carbonyl (C=O) groups excluding carboxylic acids is 1. The van der Waals surface area contributed by atoms with Gasteiger partial charge in [-0.05, 0) is 31.0 Å². The van der Waals surface area contributed by atoms with E-state index in [1.807, 2.05) is 43.3 Å². The summed E-state index contributed by atoms with van der Waals surface area (Å²) in [6.07, 6.45) is 3.23. The summed E-state index contributed by atoms with van der Waals surface area (Å²) in [7, 11) is 0. The molecule has 144 valence electrons. The van der Waals surface area contributed by atoms with E-state index in [9.17, 15) is 4.79 Å². The van der Waals surface area contributed by atoms with Gasteiger partial charge in [0.1, 0.15) is 5.82 Å². The number of nitrogens with zero attached hydrogens (tertiary/aromatic N) is 4. The lowest BCUT2D eigenvalue weighted by molar-refractivity contribution is -0.132. The van der Waals surface area contributed by atoms with E-state index in [0.717, 1.165) is 29.5 Å². The second-order valence-corrected chi connectivity index (χ2v) is 7.98. The highest BCUT2D eigenvalue weighted by Gasteiger charge is 2.50.